The van der Waals surface area contributed by atoms with E-state index in [9.17, 15) is 4.79 Å². The molecule has 0 spiro atoms. The van der Waals surface area contributed by atoms with E-state index >= 15 is 14.4 Å². The SMILES string of the molecule is CC(C)OC(=O)c1cccc(N2C(=O)[C@H]3[C@H](C2=O)[C@@]2(c4ccc(Cl)cc4)C(=O)[C@@]3(c3ccc(Cl)cc3)C(c3ccccc3)=C2c2ccccc2)c1. The third-order valence-electron chi connectivity index (χ3n) is 10.4. The number of hydrogen-bond donors (Lipinski definition) is 0. The summed E-state index contributed by atoms with van der Waals surface area (Å²) in [6, 6.07) is 39.5. The van der Waals surface area contributed by atoms with Gasteiger partial charge in [-0.05, 0) is 89.7 Å². The second-order valence-electron chi connectivity index (χ2n) is 13.4. The first kappa shape index (κ1) is 32.9. The van der Waals surface area contributed by atoms with Gasteiger partial charge in [-0.3, -0.25) is 14.4 Å². The lowest BCUT2D eigenvalue weighted by Crippen LogP contribution is -2.45. The minimum absolute atomic E-state index is 0.200. The molecule has 3 aliphatic rings. The number of Topliss-reactive ketones (excluding diaryl/α,β-unsaturated/α-hetero) is 1. The van der Waals surface area contributed by atoms with Crippen LogP contribution in [0.3, 0.4) is 0 Å². The van der Waals surface area contributed by atoms with Crippen molar-refractivity contribution >= 4 is 63.6 Å². The molecule has 4 atom stereocenters. The van der Waals surface area contributed by atoms with Crippen molar-refractivity contribution in [1.29, 1.82) is 0 Å². The molecule has 0 radical (unpaired) electrons. The van der Waals surface area contributed by atoms with Crippen molar-refractivity contribution in [3.05, 3.63) is 171 Å². The summed E-state index contributed by atoms with van der Waals surface area (Å²) in [6.07, 6.45) is -0.366. The highest BCUT2D eigenvalue weighted by Crippen LogP contribution is 2.74. The maximum atomic E-state index is 16.1. The number of esters is 1. The number of hydrogen-bond acceptors (Lipinski definition) is 5. The van der Waals surface area contributed by atoms with E-state index in [0.29, 0.717) is 32.3 Å². The monoisotopic (exact) mass is 711 g/mol. The summed E-state index contributed by atoms with van der Waals surface area (Å²) >= 11 is 12.9. The third kappa shape index (κ3) is 4.63. The molecule has 1 saturated carbocycles. The number of benzene rings is 5. The molecule has 0 N–H and O–H groups in total. The van der Waals surface area contributed by atoms with Crippen LogP contribution in [0, 0.1) is 11.8 Å². The summed E-state index contributed by atoms with van der Waals surface area (Å²) in [7, 11) is 0. The number of ketones is 1. The molecule has 5 aromatic rings. The number of fused-ring (bicyclic) bond motifs is 5. The molecule has 2 amide bonds. The van der Waals surface area contributed by atoms with Crippen LogP contribution in [0.5, 0.6) is 0 Å². The molecule has 8 rings (SSSR count). The average molecular weight is 713 g/mol. The zero-order valence-electron chi connectivity index (χ0n) is 27.7. The standard InChI is InChI=1S/C43H31Cl2NO5/c1-25(2)51-40(49)28-14-9-15-33(24-28)46-38(47)36-37(39(46)48)43(30-18-22-32(45)23-19-30)35(27-12-7-4-8-13-27)34(26-10-5-3-6-11-26)42(36,41(43)50)29-16-20-31(44)21-17-29/h3-25,36-37H,1-2H3/t36-,37-,42+,43+/m1/s1. The van der Waals surface area contributed by atoms with Crippen LogP contribution in [-0.2, 0) is 30.0 Å². The number of carbonyl (C=O) groups excluding carboxylic acids is 4. The Kier molecular flexibility index (Phi) is 7.86. The van der Waals surface area contributed by atoms with E-state index in [-0.39, 0.29) is 23.1 Å². The van der Waals surface area contributed by atoms with Crippen molar-refractivity contribution in [2.45, 2.75) is 30.8 Å². The smallest absolute Gasteiger partial charge is 0.338 e. The fourth-order valence-electron chi connectivity index (χ4n) is 8.67. The summed E-state index contributed by atoms with van der Waals surface area (Å²) in [5.41, 5.74) is 1.18. The Hall–Kier alpha value is -5.30. The van der Waals surface area contributed by atoms with Gasteiger partial charge in [0, 0.05) is 10.0 Å². The molecular weight excluding hydrogens is 681 g/mol. The van der Waals surface area contributed by atoms with E-state index in [4.69, 9.17) is 27.9 Å². The Balaban J connectivity index is 1.48. The molecule has 2 bridgehead atoms. The molecule has 252 valence electrons. The predicted molar refractivity (Wildman–Crippen MR) is 197 cm³/mol. The minimum Gasteiger partial charge on any atom is -0.459 e. The van der Waals surface area contributed by atoms with Gasteiger partial charge in [-0.2, -0.15) is 0 Å². The number of carbonyl (C=O) groups is 4. The Morgan fingerprint density at radius 1 is 0.627 bits per heavy atom. The van der Waals surface area contributed by atoms with Gasteiger partial charge in [0.2, 0.25) is 11.8 Å². The van der Waals surface area contributed by atoms with Crippen LogP contribution in [0.2, 0.25) is 10.0 Å². The molecule has 5 aromatic carbocycles. The van der Waals surface area contributed by atoms with Crippen molar-refractivity contribution in [3.63, 3.8) is 0 Å². The number of anilines is 1. The van der Waals surface area contributed by atoms with Crippen molar-refractivity contribution in [1.82, 2.24) is 0 Å². The number of nitrogens with zero attached hydrogens (tertiary/aromatic N) is 1. The molecule has 6 nitrogen and oxygen atoms in total. The molecule has 1 heterocycles. The summed E-state index contributed by atoms with van der Waals surface area (Å²) in [4.78, 5) is 60.7. The second-order valence-corrected chi connectivity index (χ2v) is 14.3. The molecule has 2 aliphatic carbocycles. The molecule has 0 aromatic heterocycles. The van der Waals surface area contributed by atoms with E-state index in [1.54, 1.807) is 80.6 Å². The van der Waals surface area contributed by atoms with Gasteiger partial charge in [0.05, 0.1) is 40.0 Å². The number of amides is 2. The van der Waals surface area contributed by atoms with Crippen LogP contribution in [0.25, 0.3) is 11.1 Å². The normalized spacial score (nSPS) is 23.7. The van der Waals surface area contributed by atoms with Gasteiger partial charge < -0.3 is 4.74 Å². The summed E-state index contributed by atoms with van der Waals surface area (Å²) < 4.78 is 5.43. The molecule has 8 heteroatoms. The number of halogens is 2. The topological polar surface area (TPSA) is 80.8 Å². The minimum atomic E-state index is -1.60. The summed E-state index contributed by atoms with van der Waals surface area (Å²) in [5.74, 6) is -4.16. The van der Waals surface area contributed by atoms with Gasteiger partial charge >= 0.3 is 5.97 Å². The predicted octanol–water partition coefficient (Wildman–Crippen LogP) is 8.75. The lowest BCUT2D eigenvalue weighted by molar-refractivity contribution is -0.130. The Morgan fingerprint density at radius 2 is 1.08 bits per heavy atom. The summed E-state index contributed by atoms with van der Waals surface area (Å²) in [6.45, 7) is 3.49. The van der Waals surface area contributed by atoms with E-state index in [1.165, 1.54) is 6.07 Å². The first-order chi connectivity index (χ1) is 24.6. The quantitative estimate of drug-likeness (QED) is 0.125. The highest BCUT2D eigenvalue weighted by Gasteiger charge is 2.82. The maximum Gasteiger partial charge on any atom is 0.338 e. The Bertz CT molecular complexity index is 2140. The number of rotatable bonds is 7. The van der Waals surface area contributed by atoms with Crippen LogP contribution >= 0.6 is 23.2 Å². The highest BCUT2D eigenvalue weighted by atomic mass is 35.5. The van der Waals surface area contributed by atoms with E-state index in [2.05, 4.69) is 0 Å². The largest absolute Gasteiger partial charge is 0.459 e. The van der Waals surface area contributed by atoms with Gasteiger partial charge in [0.1, 0.15) is 0 Å². The van der Waals surface area contributed by atoms with E-state index in [1.807, 2.05) is 60.7 Å². The molecule has 1 aliphatic heterocycles. The lowest BCUT2D eigenvalue weighted by Gasteiger charge is -2.39. The van der Waals surface area contributed by atoms with Crippen molar-refractivity contribution < 1.29 is 23.9 Å². The van der Waals surface area contributed by atoms with Crippen LogP contribution < -0.4 is 4.90 Å². The van der Waals surface area contributed by atoms with Crippen LogP contribution in [-0.4, -0.2) is 29.7 Å². The van der Waals surface area contributed by atoms with E-state index < -0.39 is 40.4 Å². The fraction of sp³-hybridized carbons (Fsp3) is 0.163. The molecule has 0 unspecified atom stereocenters. The average Bonchev–Trinajstić information content (AvgIpc) is 3.64. The van der Waals surface area contributed by atoms with Crippen LogP contribution in [0.1, 0.15) is 46.5 Å². The van der Waals surface area contributed by atoms with Gasteiger partial charge in [-0.25, -0.2) is 9.69 Å². The molecule has 51 heavy (non-hydrogen) atoms. The number of allylic oxidation sites excluding steroid dienone is 2. The lowest BCUT2D eigenvalue weighted by atomic mass is 9.59. The first-order valence-corrected chi connectivity index (χ1v) is 17.5. The molecular formula is C43H31Cl2NO5. The van der Waals surface area contributed by atoms with Gasteiger partial charge in [0.15, 0.2) is 5.78 Å². The van der Waals surface area contributed by atoms with Crippen LogP contribution in [0.15, 0.2) is 133 Å². The van der Waals surface area contributed by atoms with Gasteiger partial charge in [0.25, 0.3) is 0 Å². The van der Waals surface area contributed by atoms with Crippen LogP contribution in [0.4, 0.5) is 5.69 Å². The molecule has 2 fully saturated rings. The Morgan fingerprint density at radius 3 is 1.51 bits per heavy atom. The van der Waals surface area contributed by atoms with Gasteiger partial charge in [-0.1, -0.05) is 114 Å². The maximum absolute atomic E-state index is 16.1. The van der Waals surface area contributed by atoms with Crippen molar-refractivity contribution in [2.24, 2.45) is 11.8 Å². The van der Waals surface area contributed by atoms with Gasteiger partial charge in [-0.15, -0.1) is 0 Å². The fourth-order valence-corrected chi connectivity index (χ4v) is 8.92. The highest BCUT2D eigenvalue weighted by molar-refractivity contribution is 6.39. The zero-order valence-corrected chi connectivity index (χ0v) is 29.2. The zero-order chi connectivity index (χ0) is 35.7. The second kappa shape index (κ2) is 12.2. The van der Waals surface area contributed by atoms with Crippen molar-refractivity contribution in [2.75, 3.05) is 4.90 Å². The molecule has 1 saturated heterocycles. The van der Waals surface area contributed by atoms with Crippen molar-refractivity contribution in [3.8, 4) is 0 Å². The van der Waals surface area contributed by atoms with E-state index in [0.717, 1.165) is 16.0 Å². The first-order valence-electron chi connectivity index (χ1n) is 16.7. The number of ether oxygens (including phenoxy) is 1. The number of imide groups is 1. The third-order valence-corrected chi connectivity index (χ3v) is 10.9. The Labute approximate surface area is 305 Å². The summed E-state index contributed by atoms with van der Waals surface area (Å²) in [5, 5.41) is 0.932.